The summed E-state index contributed by atoms with van der Waals surface area (Å²) in [5, 5.41) is 0. The summed E-state index contributed by atoms with van der Waals surface area (Å²) in [6.07, 6.45) is 7.04. The quantitative estimate of drug-likeness (QED) is 0.587. The van der Waals surface area contributed by atoms with Gasteiger partial charge in [0.05, 0.1) is 3.23 Å². The zero-order valence-electron chi connectivity index (χ0n) is 6.87. The molecule has 0 aliphatic heterocycles. The third-order valence-corrected chi connectivity index (χ3v) is 5.69. The maximum absolute atomic E-state index is 3.74. The number of alkyl halides is 2. The molecule has 0 aromatic carbocycles. The lowest BCUT2D eigenvalue weighted by atomic mass is 9.81. The highest BCUT2D eigenvalue weighted by atomic mass is 79.9. The van der Waals surface area contributed by atoms with E-state index in [1.165, 1.54) is 32.1 Å². The molecule has 0 nitrogen and oxygen atoms in total. The Morgan fingerprint density at radius 2 is 1.64 bits per heavy atom. The Balaban J connectivity index is 2.00. The number of hydrogen-bond donors (Lipinski definition) is 0. The molecule has 0 saturated heterocycles. The van der Waals surface area contributed by atoms with Gasteiger partial charge in [-0.3, -0.25) is 0 Å². The molecule has 0 bridgehead atoms. The molecule has 0 aromatic heterocycles. The first-order valence-electron chi connectivity index (χ1n) is 4.44. The van der Waals surface area contributed by atoms with Crippen LogP contribution >= 0.6 is 31.9 Å². The van der Waals surface area contributed by atoms with Gasteiger partial charge in [-0.2, -0.15) is 0 Å². The molecule has 0 amide bonds. The van der Waals surface area contributed by atoms with E-state index < -0.39 is 0 Å². The second-order valence-corrected chi connectivity index (χ2v) is 8.12. The zero-order chi connectivity index (χ0) is 8.11. The van der Waals surface area contributed by atoms with Gasteiger partial charge in [0.25, 0.3) is 0 Å². The normalized spacial score (nSPS) is 47.7. The highest BCUT2D eigenvalue weighted by molar-refractivity contribution is 9.25. The molecule has 2 aliphatic rings. The second kappa shape index (κ2) is 2.47. The lowest BCUT2D eigenvalue weighted by Gasteiger charge is -2.27. The van der Waals surface area contributed by atoms with Crippen molar-refractivity contribution in [3.8, 4) is 0 Å². The van der Waals surface area contributed by atoms with Crippen LogP contribution < -0.4 is 0 Å². The molecule has 11 heavy (non-hydrogen) atoms. The van der Waals surface area contributed by atoms with Crippen LogP contribution in [0.15, 0.2) is 0 Å². The van der Waals surface area contributed by atoms with Crippen LogP contribution in [0.4, 0.5) is 0 Å². The van der Waals surface area contributed by atoms with Crippen molar-refractivity contribution in [1.29, 1.82) is 0 Å². The smallest absolute Gasteiger partial charge is 0.0721 e. The van der Waals surface area contributed by atoms with Gasteiger partial charge >= 0.3 is 0 Å². The molecule has 0 atom stereocenters. The van der Waals surface area contributed by atoms with Crippen molar-refractivity contribution >= 4 is 31.9 Å². The van der Waals surface area contributed by atoms with Crippen molar-refractivity contribution in [2.24, 2.45) is 11.3 Å². The lowest BCUT2D eigenvalue weighted by Crippen LogP contribution is -2.17. The van der Waals surface area contributed by atoms with Gasteiger partial charge in [0.1, 0.15) is 0 Å². The minimum absolute atomic E-state index is 0.327. The standard InChI is InChI=1S/C9H14Br2/c1-7-2-4-8(5-3-7)6-9(8,10)11/h7H,2-6H2,1H3. The average molecular weight is 282 g/mol. The Kier molecular flexibility index (Phi) is 1.92. The van der Waals surface area contributed by atoms with Crippen LogP contribution in [0, 0.1) is 11.3 Å². The molecule has 64 valence electrons. The lowest BCUT2D eigenvalue weighted by molar-refractivity contribution is 0.271. The van der Waals surface area contributed by atoms with Crippen molar-refractivity contribution in [2.45, 2.75) is 42.3 Å². The molecule has 0 N–H and O–H groups in total. The average Bonchev–Trinajstić information content (AvgIpc) is 2.44. The molecule has 2 rings (SSSR count). The Bertz CT molecular complexity index is 166. The summed E-state index contributed by atoms with van der Waals surface area (Å²) in [5.74, 6) is 0.969. The fraction of sp³-hybridized carbons (Fsp3) is 1.00. The summed E-state index contributed by atoms with van der Waals surface area (Å²) in [4.78, 5) is 0. The fourth-order valence-corrected chi connectivity index (χ4v) is 4.10. The predicted molar refractivity (Wildman–Crippen MR) is 55.3 cm³/mol. The first-order chi connectivity index (χ1) is 5.06. The summed E-state index contributed by atoms with van der Waals surface area (Å²) in [6.45, 7) is 2.37. The molecule has 0 aromatic rings. The van der Waals surface area contributed by atoms with Gasteiger partial charge in [-0.15, -0.1) is 0 Å². The summed E-state index contributed by atoms with van der Waals surface area (Å²) in [5.41, 5.74) is 0.638. The summed E-state index contributed by atoms with van der Waals surface area (Å²) >= 11 is 7.48. The number of hydrogen-bond acceptors (Lipinski definition) is 0. The molecular formula is C9H14Br2. The van der Waals surface area contributed by atoms with Gasteiger partial charge in [-0.1, -0.05) is 51.6 Å². The van der Waals surface area contributed by atoms with Gasteiger partial charge in [-0.25, -0.2) is 0 Å². The monoisotopic (exact) mass is 280 g/mol. The van der Waals surface area contributed by atoms with Gasteiger partial charge in [0.2, 0.25) is 0 Å². The van der Waals surface area contributed by atoms with Gasteiger partial charge in [0.15, 0.2) is 0 Å². The summed E-state index contributed by atoms with van der Waals surface area (Å²) in [7, 11) is 0. The van der Waals surface area contributed by atoms with Crippen molar-refractivity contribution in [1.82, 2.24) is 0 Å². The van der Waals surface area contributed by atoms with E-state index in [0.29, 0.717) is 8.65 Å². The first-order valence-corrected chi connectivity index (χ1v) is 6.02. The van der Waals surface area contributed by atoms with Crippen LogP contribution in [0.3, 0.4) is 0 Å². The van der Waals surface area contributed by atoms with E-state index in [-0.39, 0.29) is 0 Å². The maximum atomic E-state index is 3.74. The van der Waals surface area contributed by atoms with Gasteiger partial charge in [-0.05, 0) is 30.6 Å². The van der Waals surface area contributed by atoms with E-state index in [1.807, 2.05) is 0 Å². The minimum atomic E-state index is 0.327. The molecule has 1 spiro atoms. The largest absolute Gasteiger partial charge is 0.0868 e. The Hall–Kier alpha value is 0.960. The third kappa shape index (κ3) is 1.31. The second-order valence-electron chi connectivity index (χ2n) is 4.34. The van der Waals surface area contributed by atoms with Crippen LogP contribution in [-0.2, 0) is 0 Å². The SMILES string of the molecule is CC1CCC2(CC1)CC2(Br)Br. The van der Waals surface area contributed by atoms with Crippen LogP contribution in [-0.4, -0.2) is 3.23 Å². The Morgan fingerprint density at radius 1 is 1.18 bits per heavy atom. The Morgan fingerprint density at radius 3 is 2.00 bits per heavy atom. The highest BCUT2D eigenvalue weighted by Crippen LogP contribution is 2.72. The first kappa shape index (κ1) is 8.55. The molecular weight excluding hydrogens is 268 g/mol. The minimum Gasteiger partial charge on any atom is -0.0721 e. The van der Waals surface area contributed by atoms with Crippen molar-refractivity contribution < 1.29 is 0 Å². The highest BCUT2D eigenvalue weighted by Gasteiger charge is 2.64. The molecule has 0 heterocycles. The van der Waals surface area contributed by atoms with Crippen LogP contribution in [0.1, 0.15) is 39.0 Å². The Labute approximate surface area is 85.4 Å². The molecule has 0 radical (unpaired) electrons. The zero-order valence-corrected chi connectivity index (χ0v) is 10.0. The van der Waals surface area contributed by atoms with Crippen molar-refractivity contribution in [3.63, 3.8) is 0 Å². The van der Waals surface area contributed by atoms with Gasteiger partial charge in [0, 0.05) is 0 Å². The van der Waals surface area contributed by atoms with E-state index in [9.17, 15) is 0 Å². The van der Waals surface area contributed by atoms with Crippen molar-refractivity contribution in [2.75, 3.05) is 0 Å². The van der Waals surface area contributed by atoms with E-state index in [0.717, 1.165) is 5.92 Å². The molecule has 2 aliphatic carbocycles. The van der Waals surface area contributed by atoms with Crippen LogP contribution in [0.5, 0.6) is 0 Å². The summed E-state index contributed by atoms with van der Waals surface area (Å²) < 4.78 is 0.327. The topological polar surface area (TPSA) is 0 Å². The molecule has 2 heteroatoms. The van der Waals surface area contributed by atoms with E-state index >= 15 is 0 Å². The number of halogens is 2. The molecule has 2 saturated carbocycles. The third-order valence-electron chi connectivity index (χ3n) is 3.44. The van der Waals surface area contributed by atoms with Crippen LogP contribution in [0.25, 0.3) is 0 Å². The van der Waals surface area contributed by atoms with Crippen LogP contribution in [0.2, 0.25) is 0 Å². The van der Waals surface area contributed by atoms with Gasteiger partial charge < -0.3 is 0 Å². The predicted octanol–water partition coefficient (Wildman–Crippen LogP) is 4.07. The van der Waals surface area contributed by atoms with Crippen molar-refractivity contribution in [3.05, 3.63) is 0 Å². The molecule has 0 unspecified atom stereocenters. The molecule has 2 fully saturated rings. The number of rotatable bonds is 0. The van der Waals surface area contributed by atoms with E-state index in [2.05, 4.69) is 38.8 Å². The van der Waals surface area contributed by atoms with E-state index in [4.69, 9.17) is 0 Å². The fourth-order valence-electron chi connectivity index (χ4n) is 2.24. The summed E-state index contributed by atoms with van der Waals surface area (Å²) in [6, 6.07) is 0. The van der Waals surface area contributed by atoms with E-state index in [1.54, 1.807) is 0 Å². The maximum Gasteiger partial charge on any atom is 0.0868 e.